The van der Waals surface area contributed by atoms with Crippen molar-refractivity contribution in [1.29, 1.82) is 0 Å². The summed E-state index contributed by atoms with van der Waals surface area (Å²) in [6.07, 6.45) is 2.73. The number of hydrogen-bond acceptors (Lipinski definition) is 3. The minimum Gasteiger partial charge on any atom is -0.326 e. The Morgan fingerprint density at radius 1 is 0.964 bits per heavy atom. The van der Waals surface area contributed by atoms with Crippen LogP contribution in [0.25, 0.3) is 0 Å². The number of halogens is 2. The zero-order valence-electron chi connectivity index (χ0n) is 15.5. The fraction of sp³-hybridized carbons (Fsp3) is 0.333. The molecule has 0 aliphatic carbocycles. The third-order valence-electron chi connectivity index (χ3n) is 4.73. The van der Waals surface area contributed by atoms with Gasteiger partial charge in [-0.1, -0.05) is 24.6 Å². The van der Waals surface area contributed by atoms with E-state index in [0.717, 1.165) is 36.7 Å². The lowest BCUT2D eigenvalue weighted by atomic mass is 10.0. The first-order chi connectivity index (χ1) is 13.5. The average molecular weight is 387 g/mol. The third kappa shape index (κ3) is 5.60. The molecule has 1 unspecified atom stereocenters. The second kappa shape index (κ2) is 9.41. The third-order valence-corrected chi connectivity index (χ3v) is 4.73. The Morgan fingerprint density at radius 3 is 2.39 bits per heavy atom. The van der Waals surface area contributed by atoms with Crippen LogP contribution in [-0.4, -0.2) is 35.8 Å². The van der Waals surface area contributed by atoms with Crippen molar-refractivity contribution >= 4 is 23.2 Å². The van der Waals surface area contributed by atoms with Gasteiger partial charge in [-0.05, 0) is 43.7 Å². The lowest BCUT2D eigenvalue weighted by Crippen LogP contribution is -2.48. The molecule has 1 aliphatic rings. The van der Waals surface area contributed by atoms with Crippen LogP contribution in [0, 0.1) is 11.6 Å². The molecular weight excluding hydrogens is 364 g/mol. The molecule has 0 radical (unpaired) electrons. The second-order valence-corrected chi connectivity index (χ2v) is 6.86. The van der Waals surface area contributed by atoms with Crippen molar-refractivity contribution in [3.8, 4) is 0 Å². The van der Waals surface area contributed by atoms with E-state index in [-0.39, 0.29) is 23.9 Å². The van der Waals surface area contributed by atoms with Gasteiger partial charge in [0.1, 0.15) is 11.6 Å². The molecule has 7 heteroatoms. The van der Waals surface area contributed by atoms with Gasteiger partial charge in [-0.25, -0.2) is 8.78 Å². The molecule has 0 aromatic heterocycles. The van der Waals surface area contributed by atoms with E-state index in [9.17, 15) is 18.4 Å². The SMILES string of the molecule is O=C(CCN1CCCCC1C(=O)Nc1cc(F)cc(F)c1)Nc1ccccc1. The van der Waals surface area contributed by atoms with Crippen LogP contribution in [-0.2, 0) is 9.59 Å². The number of hydrogen-bond donors (Lipinski definition) is 2. The second-order valence-electron chi connectivity index (χ2n) is 6.86. The molecule has 3 rings (SSSR count). The molecule has 0 saturated carbocycles. The maximum absolute atomic E-state index is 13.3. The summed E-state index contributed by atoms with van der Waals surface area (Å²) in [5.41, 5.74) is 0.823. The number of anilines is 2. The Labute approximate surface area is 162 Å². The van der Waals surface area contributed by atoms with Crippen molar-refractivity contribution in [2.45, 2.75) is 31.7 Å². The van der Waals surface area contributed by atoms with Gasteiger partial charge in [0.15, 0.2) is 0 Å². The number of carbonyl (C=O) groups is 2. The smallest absolute Gasteiger partial charge is 0.241 e. The molecule has 1 aliphatic heterocycles. The zero-order valence-corrected chi connectivity index (χ0v) is 15.5. The Bertz CT molecular complexity index is 809. The lowest BCUT2D eigenvalue weighted by Gasteiger charge is -2.34. The van der Waals surface area contributed by atoms with Crippen molar-refractivity contribution in [1.82, 2.24) is 4.90 Å². The van der Waals surface area contributed by atoms with Crippen LogP contribution in [0.15, 0.2) is 48.5 Å². The Hall–Kier alpha value is -2.80. The minimum absolute atomic E-state index is 0.0924. The maximum Gasteiger partial charge on any atom is 0.241 e. The quantitative estimate of drug-likeness (QED) is 0.793. The number of amides is 2. The number of rotatable bonds is 6. The molecule has 2 aromatic rings. The van der Waals surface area contributed by atoms with E-state index in [4.69, 9.17) is 0 Å². The van der Waals surface area contributed by atoms with Gasteiger partial charge < -0.3 is 10.6 Å². The monoisotopic (exact) mass is 387 g/mol. The largest absolute Gasteiger partial charge is 0.326 e. The van der Waals surface area contributed by atoms with Gasteiger partial charge in [0.2, 0.25) is 11.8 Å². The Morgan fingerprint density at radius 2 is 1.68 bits per heavy atom. The summed E-state index contributed by atoms with van der Waals surface area (Å²) in [6.45, 7) is 1.14. The van der Waals surface area contributed by atoms with Crippen LogP contribution in [0.1, 0.15) is 25.7 Å². The summed E-state index contributed by atoms with van der Waals surface area (Å²) >= 11 is 0. The van der Waals surface area contributed by atoms with Crippen molar-refractivity contribution in [2.24, 2.45) is 0 Å². The fourth-order valence-corrected chi connectivity index (χ4v) is 3.40. The molecule has 1 heterocycles. The van der Waals surface area contributed by atoms with Crippen LogP contribution in [0.5, 0.6) is 0 Å². The fourth-order valence-electron chi connectivity index (χ4n) is 3.40. The molecule has 28 heavy (non-hydrogen) atoms. The number of carbonyl (C=O) groups excluding carboxylic acids is 2. The van der Waals surface area contributed by atoms with Gasteiger partial charge in [0.25, 0.3) is 0 Å². The molecule has 0 bridgehead atoms. The molecule has 1 saturated heterocycles. The predicted molar refractivity (Wildman–Crippen MR) is 104 cm³/mol. The van der Waals surface area contributed by atoms with Crippen molar-refractivity contribution in [2.75, 3.05) is 23.7 Å². The number of para-hydroxylation sites is 1. The Kier molecular flexibility index (Phi) is 6.71. The first-order valence-corrected chi connectivity index (χ1v) is 9.37. The summed E-state index contributed by atoms with van der Waals surface area (Å²) < 4.78 is 26.7. The molecule has 2 aromatic carbocycles. The van der Waals surface area contributed by atoms with Gasteiger partial charge >= 0.3 is 0 Å². The van der Waals surface area contributed by atoms with Crippen molar-refractivity contribution < 1.29 is 18.4 Å². The molecule has 5 nitrogen and oxygen atoms in total. The maximum atomic E-state index is 13.3. The summed E-state index contributed by atoms with van der Waals surface area (Å²) in [5.74, 6) is -1.92. The van der Waals surface area contributed by atoms with E-state index >= 15 is 0 Å². The highest BCUT2D eigenvalue weighted by atomic mass is 19.1. The molecule has 148 valence electrons. The lowest BCUT2D eigenvalue weighted by molar-refractivity contribution is -0.123. The first-order valence-electron chi connectivity index (χ1n) is 9.37. The van der Waals surface area contributed by atoms with Gasteiger partial charge in [-0.2, -0.15) is 0 Å². The topological polar surface area (TPSA) is 61.4 Å². The molecular formula is C21H23F2N3O2. The molecule has 2 N–H and O–H groups in total. The summed E-state index contributed by atoms with van der Waals surface area (Å²) in [4.78, 5) is 26.8. The molecule has 0 spiro atoms. The Balaban J connectivity index is 1.57. The summed E-state index contributed by atoms with van der Waals surface area (Å²) in [6, 6.07) is 11.7. The van der Waals surface area contributed by atoms with Gasteiger partial charge in [-0.3, -0.25) is 14.5 Å². The van der Waals surface area contributed by atoms with Gasteiger partial charge in [0, 0.05) is 30.4 Å². The number of nitrogens with one attached hydrogen (secondary N) is 2. The van der Waals surface area contributed by atoms with E-state index in [0.29, 0.717) is 19.5 Å². The highest BCUT2D eigenvalue weighted by Gasteiger charge is 2.29. The van der Waals surface area contributed by atoms with Crippen LogP contribution in [0.3, 0.4) is 0 Å². The van der Waals surface area contributed by atoms with E-state index in [1.54, 1.807) is 0 Å². The zero-order chi connectivity index (χ0) is 19.9. The standard InChI is InChI=1S/C21H23F2N3O2/c22-15-12-16(23)14-18(13-15)25-21(28)19-8-4-5-10-26(19)11-9-20(27)24-17-6-2-1-3-7-17/h1-3,6-7,12-14,19H,4-5,8-11H2,(H,24,27)(H,25,28). The van der Waals surface area contributed by atoms with Crippen molar-refractivity contribution in [3.63, 3.8) is 0 Å². The number of benzene rings is 2. The van der Waals surface area contributed by atoms with E-state index < -0.39 is 17.7 Å². The van der Waals surface area contributed by atoms with Crippen LogP contribution in [0.2, 0.25) is 0 Å². The molecule has 2 amide bonds. The van der Waals surface area contributed by atoms with E-state index in [1.165, 1.54) is 0 Å². The molecule has 1 fully saturated rings. The van der Waals surface area contributed by atoms with E-state index in [2.05, 4.69) is 10.6 Å². The number of likely N-dealkylation sites (tertiary alicyclic amines) is 1. The van der Waals surface area contributed by atoms with Crippen LogP contribution >= 0.6 is 0 Å². The van der Waals surface area contributed by atoms with Crippen LogP contribution < -0.4 is 10.6 Å². The molecule has 1 atom stereocenters. The summed E-state index contributed by atoms with van der Waals surface area (Å²) in [5, 5.41) is 5.42. The van der Waals surface area contributed by atoms with Crippen molar-refractivity contribution in [3.05, 3.63) is 60.2 Å². The average Bonchev–Trinajstić information content (AvgIpc) is 2.66. The normalized spacial score (nSPS) is 17.1. The van der Waals surface area contributed by atoms with E-state index in [1.807, 2.05) is 35.2 Å². The number of piperidine rings is 1. The number of nitrogens with zero attached hydrogens (tertiary/aromatic N) is 1. The predicted octanol–water partition coefficient (Wildman–Crippen LogP) is 3.79. The van der Waals surface area contributed by atoms with Crippen LogP contribution in [0.4, 0.5) is 20.2 Å². The van der Waals surface area contributed by atoms with Gasteiger partial charge in [-0.15, -0.1) is 0 Å². The highest BCUT2D eigenvalue weighted by Crippen LogP contribution is 2.20. The minimum atomic E-state index is -0.742. The highest BCUT2D eigenvalue weighted by molar-refractivity contribution is 5.95. The summed E-state index contributed by atoms with van der Waals surface area (Å²) in [7, 11) is 0. The first kappa shape index (κ1) is 19.9. The van der Waals surface area contributed by atoms with Gasteiger partial charge in [0.05, 0.1) is 6.04 Å².